The third-order valence-electron chi connectivity index (χ3n) is 3.01. The van der Waals surface area contributed by atoms with Crippen molar-refractivity contribution in [2.75, 3.05) is 26.4 Å². The monoisotopic (exact) mass is 378 g/mol. The molecule has 2 N–H and O–H groups in total. The predicted octanol–water partition coefficient (Wildman–Crippen LogP) is 1.01. The van der Waals surface area contributed by atoms with E-state index in [9.17, 15) is 4.79 Å². The summed E-state index contributed by atoms with van der Waals surface area (Å²) in [5.41, 5.74) is 6.69. The molecule has 0 aliphatic heterocycles. The highest BCUT2D eigenvalue weighted by atomic mass is 79.9. The molecule has 9 heteroatoms. The maximum absolute atomic E-state index is 11.5. The number of carbonyl (C=O) groups excluding carboxylic acids is 1. The number of nitrogens with two attached hydrogens (primary N) is 1. The van der Waals surface area contributed by atoms with Gasteiger partial charge in [0.25, 0.3) is 5.91 Å². The molecule has 0 fully saturated rings. The van der Waals surface area contributed by atoms with Crippen LogP contribution in [-0.2, 0) is 11.3 Å². The van der Waals surface area contributed by atoms with Crippen molar-refractivity contribution >= 4 is 27.7 Å². The molecule has 0 saturated heterocycles. The fourth-order valence-electron chi connectivity index (χ4n) is 1.72. The highest BCUT2D eigenvalue weighted by Crippen LogP contribution is 2.20. The summed E-state index contributed by atoms with van der Waals surface area (Å²) in [7, 11) is 3.31. The molecule has 2 aromatic heterocycles. The van der Waals surface area contributed by atoms with Gasteiger partial charge in [0, 0.05) is 20.2 Å². The van der Waals surface area contributed by atoms with E-state index in [0.717, 1.165) is 0 Å². The second-order valence-electron chi connectivity index (χ2n) is 4.86. The summed E-state index contributed by atoms with van der Waals surface area (Å²) in [5, 5.41) is 8.93. The van der Waals surface area contributed by atoms with Crippen LogP contribution in [0.25, 0.3) is 0 Å². The number of hydrogen-bond donors (Lipinski definition) is 1. The number of halogens is 1. The Morgan fingerprint density at radius 2 is 2.22 bits per heavy atom. The maximum atomic E-state index is 11.5. The van der Waals surface area contributed by atoms with Gasteiger partial charge in [0.1, 0.15) is 11.9 Å². The molecule has 0 spiro atoms. The molecule has 0 atom stereocenters. The van der Waals surface area contributed by atoms with Crippen molar-refractivity contribution in [1.82, 2.24) is 19.4 Å². The summed E-state index contributed by atoms with van der Waals surface area (Å²) in [6.07, 6.45) is 0. The van der Waals surface area contributed by atoms with Crippen LogP contribution in [-0.4, -0.2) is 46.0 Å². The van der Waals surface area contributed by atoms with Crippen molar-refractivity contribution in [1.29, 1.82) is 5.26 Å². The van der Waals surface area contributed by atoms with Crippen LogP contribution in [0.15, 0.2) is 22.9 Å². The molecule has 0 radical (unpaired) electrons. The Labute approximate surface area is 141 Å². The summed E-state index contributed by atoms with van der Waals surface area (Å²) >= 11 is 3.26. The number of hydrogen-bond acceptors (Lipinski definition) is 6. The van der Waals surface area contributed by atoms with Crippen molar-refractivity contribution in [2.45, 2.75) is 6.54 Å². The highest BCUT2D eigenvalue weighted by molar-refractivity contribution is 9.10. The maximum Gasteiger partial charge on any atom is 0.260 e. The number of nitriles is 1. The van der Waals surface area contributed by atoms with Crippen LogP contribution in [0.3, 0.4) is 0 Å². The number of nitrogens with zero attached hydrogens (tertiary/aromatic N) is 5. The summed E-state index contributed by atoms with van der Waals surface area (Å²) in [6.45, 7) is 0.235. The molecule has 23 heavy (non-hydrogen) atoms. The summed E-state index contributed by atoms with van der Waals surface area (Å²) in [5.74, 6) is 0.445. The fraction of sp³-hybridized carbons (Fsp3) is 0.286. The van der Waals surface area contributed by atoms with Gasteiger partial charge >= 0.3 is 0 Å². The summed E-state index contributed by atoms with van der Waals surface area (Å²) in [4.78, 5) is 21.3. The van der Waals surface area contributed by atoms with Gasteiger partial charge in [-0.1, -0.05) is 6.07 Å². The van der Waals surface area contributed by atoms with Gasteiger partial charge in [0.2, 0.25) is 5.88 Å². The van der Waals surface area contributed by atoms with E-state index in [1.807, 2.05) is 6.07 Å². The number of nitrogen functional groups attached to an aromatic ring is 1. The summed E-state index contributed by atoms with van der Waals surface area (Å²) < 4.78 is 7.44. The third kappa shape index (κ3) is 3.98. The Hall–Kier alpha value is -2.60. The first kappa shape index (κ1) is 16.8. The van der Waals surface area contributed by atoms with Crippen molar-refractivity contribution in [3.05, 3.63) is 34.3 Å². The van der Waals surface area contributed by atoms with Crippen LogP contribution in [0, 0.1) is 11.3 Å². The minimum atomic E-state index is -0.155. The van der Waals surface area contributed by atoms with Crippen LogP contribution in [0.2, 0.25) is 0 Å². The second kappa shape index (κ2) is 7.11. The zero-order valence-corrected chi connectivity index (χ0v) is 14.2. The molecule has 2 aromatic rings. The molecule has 0 unspecified atom stereocenters. The molecule has 0 bridgehead atoms. The highest BCUT2D eigenvalue weighted by Gasteiger charge is 2.13. The van der Waals surface area contributed by atoms with E-state index in [1.165, 1.54) is 4.90 Å². The molecule has 0 saturated carbocycles. The molecular formula is C14H15BrN6O2. The minimum Gasteiger partial charge on any atom is -0.468 e. The summed E-state index contributed by atoms with van der Waals surface area (Å²) in [6, 6.07) is 7.15. The molecular weight excluding hydrogens is 364 g/mol. The molecule has 0 aromatic carbocycles. The van der Waals surface area contributed by atoms with Crippen LogP contribution in [0.4, 0.5) is 5.82 Å². The predicted molar refractivity (Wildman–Crippen MR) is 86.6 cm³/mol. The number of likely N-dealkylation sites (N-methyl/N-ethyl adjacent to an activating group) is 1. The van der Waals surface area contributed by atoms with Crippen molar-refractivity contribution in [2.24, 2.45) is 0 Å². The van der Waals surface area contributed by atoms with E-state index in [4.69, 9.17) is 15.7 Å². The number of pyridine rings is 1. The normalized spacial score (nSPS) is 10.2. The zero-order valence-electron chi connectivity index (χ0n) is 12.7. The quantitative estimate of drug-likeness (QED) is 0.830. The van der Waals surface area contributed by atoms with Gasteiger partial charge in [-0.25, -0.2) is 9.97 Å². The molecule has 0 aliphatic rings. The van der Waals surface area contributed by atoms with E-state index in [-0.39, 0.29) is 24.0 Å². The van der Waals surface area contributed by atoms with E-state index in [0.29, 0.717) is 22.9 Å². The largest absolute Gasteiger partial charge is 0.468 e. The number of rotatable bonds is 5. The van der Waals surface area contributed by atoms with Crippen LogP contribution in [0.1, 0.15) is 11.4 Å². The van der Waals surface area contributed by atoms with Gasteiger partial charge in [-0.05, 0) is 22.0 Å². The van der Waals surface area contributed by atoms with Crippen LogP contribution < -0.4 is 10.5 Å². The number of ether oxygens (including phenoxy) is 1. The average molecular weight is 379 g/mol. The topological polar surface area (TPSA) is 110 Å². The van der Waals surface area contributed by atoms with Crippen molar-refractivity contribution in [3.63, 3.8) is 0 Å². The lowest BCUT2D eigenvalue weighted by molar-refractivity contribution is -0.130. The van der Waals surface area contributed by atoms with Crippen LogP contribution >= 0.6 is 15.9 Å². The lowest BCUT2D eigenvalue weighted by Gasteiger charge is -2.11. The zero-order chi connectivity index (χ0) is 17.0. The van der Waals surface area contributed by atoms with Gasteiger partial charge in [0.05, 0.1) is 12.2 Å². The minimum absolute atomic E-state index is 0.0844. The van der Waals surface area contributed by atoms with Gasteiger partial charge in [-0.15, -0.1) is 0 Å². The molecule has 120 valence electrons. The lowest BCUT2D eigenvalue weighted by atomic mass is 10.3. The first-order valence-electron chi connectivity index (χ1n) is 6.63. The SMILES string of the molecule is CN(C)C(=O)COc1cccc(Cn2c(Br)nc(C#N)c2N)n1. The smallest absolute Gasteiger partial charge is 0.260 e. The first-order valence-corrected chi connectivity index (χ1v) is 7.42. The average Bonchev–Trinajstić information content (AvgIpc) is 2.80. The van der Waals surface area contributed by atoms with Gasteiger partial charge in [-0.3, -0.25) is 9.36 Å². The van der Waals surface area contributed by atoms with Crippen molar-refractivity contribution < 1.29 is 9.53 Å². The number of carbonyl (C=O) groups is 1. The van der Waals surface area contributed by atoms with Gasteiger partial charge < -0.3 is 15.4 Å². The van der Waals surface area contributed by atoms with E-state index >= 15 is 0 Å². The molecule has 0 aliphatic carbocycles. The Balaban J connectivity index is 2.13. The standard InChI is InChI=1S/C14H15BrN6O2/c1-20(2)12(22)8-23-11-5-3-4-9(18-11)7-21-13(17)10(6-16)19-14(21)15/h3-5H,7-8,17H2,1-2H3. The molecule has 1 amide bonds. The molecule has 2 heterocycles. The number of imidazole rings is 1. The number of amides is 1. The van der Waals surface area contributed by atoms with Gasteiger partial charge in [0.15, 0.2) is 17.0 Å². The van der Waals surface area contributed by atoms with E-state index < -0.39 is 0 Å². The Bertz CT molecular complexity index is 765. The van der Waals surface area contributed by atoms with Gasteiger partial charge in [-0.2, -0.15) is 5.26 Å². The van der Waals surface area contributed by atoms with E-state index in [2.05, 4.69) is 25.9 Å². The number of aromatic nitrogens is 3. The Kier molecular flexibility index (Phi) is 5.18. The number of anilines is 1. The third-order valence-corrected chi connectivity index (χ3v) is 3.62. The fourth-order valence-corrected chi connectivity index (χ4v) is 2.22. The first-order chi connectivity index (χ1) is 10.9. The lowest BCUT2D eigenvalue weighted by Crippen LogP contribution is -2.27. The molecule has 2 rings (SSSR count). The van der Waals surface area contributed by atoms with Crippen molar-refractivity contribution in [3.8, 4) is 11.9 Å². The Morgan fingerprint density at radius 1 is 1.48 bits per heavy atom. The van der Waals surface area contributed by atoms with E-state index in [1.54, 1.807) is 36.9 Å². The Morgan fingerprint density at radius 3 is 2.83 bits per heavy atom. The molecule has 8 nitrogen and oxygen atoms in total. The second-order valence-corrected chi connectivity index (χ2v) is 5.57. The van der Waals surface area contributed by atoms with Crippen LogP contribution in [0.5, 0.6) is 5.88 Å².